The molecule has 2 aromatic heterocycles. The van der Waals surface area contributed by atoms with Gasteiger partial charge in [0.25, 0.3) is 5.91 Å². The lowest BCUT2D eigenvalue weighted by atomic mass is 10.2. The first-order valence-corrected chi connectivity index (χ1v) is 6.17. The molecular formula is C11H13N3O3S. The van der Waals surface area contributed by atoms with Gasteiger partial charge < -0.3 is 14.8 Å². The molecule has 1 amide bonds. The molecule has 1 atom stereocenters. The van der Waals surface area contributed by atoms with E-state index in [1.54, 1.807) is 26.0 Å². The van der Waals surface area contributed by atoms with Crippen LogP contribution in [-0.2, 0) is 0 Å². The normalized spacial score (nSPS) is 12.4. The van der Waals surface area contributed by atoms with E-state index in [0.717, 1.165) is 17.3 Å². The maximum atomic E-state index is 11.7. The van der Waals surface area contributed by atoms with Crippen LogP contribution in [-0.4, -0.2) is 27.1 Å². The van der Waals surface area contributed by atoms with E-state index in [1.807, 2.05) is 0 Å². The number of aromatic nitrogens is 2. The number of aliphatic hydroxyl groups excluding tert-OH is 1. The molecule has 0 aromatic carbocycles. The van der Waals surface area contributed by atoms with Gasteiger partial charge in [-0.1, -0.05) is 4.49 Å². The lowest BCUT2D eigenvalue weighted by molar-refractivity contribution is 0.0903. The number of carbonyl (C=O) groups is 1. The predicted octanol–water partition coefficient (Wildman–Crippen LogP) is 1.21. The van der Waals surface area contributed by atoms with Crippen molar-refractivity contribution in [1.82, 2.24) is 14.9 Å². The second-order valence-electron chi connectivity index (χ2n) is 3.86. The number of aliphatic hydroxyl groups is 1. The van der Waals surface area contributed by atoms with Crippen molar-refractivity contribution in [2.75, 3.05) is 6.54 Å². The number of hydrogen-bond acceptors (Lipinski definition) is 6. The summed E-state index contributed by atoms with van der Waals surface area (Å²) < 4.78 is 8.95. The van der Waals surface area contributed by atoms with E-state index in [-0.39, 0.29) is 12.5 Å². The molecule has 18 heavy (non-hydrogen) atoms. The van der Waals surface area contributed by atoms with E-state index in [0.29, 0.717) is 16.3 Å². The van der Waals surface area contributed by atoms with Gasteiger partial charge in [0.2, 0.25) is 0 Å². The molecule has 0 fully saturated rings. The summed E-state index contributed by atoms with van der Waals surface area (Å²) in [7, 11) is 0. The molecule has 0 spiro atoms. The van der Waals surface area contributed by atoms with E-state index in [1.165, 1.54) is 0 Å². The van der Waals surface area contributed by atoms with E-state index >= 15 is 0 Å². The third-order valence-corrected chi connectivity index (χ3v) is 3.23. The first-order chi connectivity index (χ1) is 8.58. The molecule has 0 bridgehead atoms. The Morgan fingerprint density at radius 1 is 1.56 bits per heavy atom. The highest BCUT2D eigenvalue weighted by molar-refractivity contribution is 7.07. The van der Waals surface area contributed by atoms with Crippen LogP contribution in [0.5, 0.6) is 0 Å². The summed E-state index contributed by atoms with van der Waals surface area (Å²) in [6.45, 7) is 3.59. The number of aryl methyl sites for hydroxylation is 2. The minimum Gasteiger partial charge on any atom is -0.464 e. The zero-order chi connectivity index (χ0) is 13.1. The fourth-order valence-corrected chi connectivity index (χ4v) is 2.02. The fraction of sp³-hybridized carbons (Fsp3) is 0.364. The molecule has 1 unspecified atom stereocenters. The van der Waals surface area contributed by atoms with Gasteiger partial charge in [-0.05, 0) is 37.5 Å². The minimum absolute atomic E-state index is 0.0864. The molecule has 96 valence electrons. The Labute approximate surface area is 108 Å². The quantitative estimate of drug-likeness (QED) is 0.869. The van der Waals surface area contributed by atoms with E-state index in [4.69, 9.17) is 4.42 Å². The standard InChI is InChI=1S/C11H13N3O3S/c1-6-3-4-9(17-6)8(15)5-12-11(16)10-7(2)13-14-18-10/h3-4,8,15H,5H2,1-2H3,(H,12,16). The summed E-state index contributed by atoms with van der Waals surface area (Å²) in [5, 5.41) is 16.2. The van der Waals surface area contributed by atoms with Gasteiger partial charge in [0.1, 0.15) is 22.5 Å². The van der Waals surface area contributed by atoms with Crippen molar-refractivity contribution in [3.63, 3.8) is 0 Å². The number of furan rings is 1. The SMILES string of the molecule is Cc1ccc(C(O)CNC(=O)c2snnc2C)o1. The van der Waals surface area contributed by atoms with Crippen LogP contribution in [0.3, 0.4) is 0 Å². The number of amides is 1. The van der Waals surface area contributed by atoms with Gasteiger partial charge >= 0.3 is 0 Å². The predicted molar refractivity (Wildman–Crippen MR) is 65.4 cm³/mol. The first-order valence-electron chi connectivity index (χ1n) is 5.39. The summed E-state index contributed by atoms with van der Waals surface area (Å²) in [5.41, 5.74) is 0.584. The maximum absolute atomic E-state index is 11.7. The van der Waals surface area contributed by atoms with E-state index < -0.39 is 6.10 Å². The Hall–Kier alpha value is -1.73. The smallest absolute Gasteiger partial charge is 0.265 e. The van der Waals surface area contributed by atoms with Crippen molar-refractivity contribution in [1.29, 1.82) is 0 Å². The summed E-state index contributed by atoms with van der Waals surface area (Å²) in [6, 6.07) is 3.45. The van der Waals surface area contributed by atoms with Gasteiger partial charge in [-0.25, -0.2) is 0 Å². The molecule has 0 aliphatic carbocycles. The van der Waals surface area contributed by atoms with Gasteiger partial charge in [-0.2, -0.15) is 0 Å². The molecule has 0 aliphatic rings. The van der Waals surface area contributed by atoms with Crippen LogP contribution in [0.1, 0.15) is 33.0 Å². The summed E-state index contributed by atoms with van der Waals surface area (Å²) in [4.78, 5) is 12.2. The molecule has 0 aliphatic heterocycles. The number of rotatable bonds is 4. The number of hydrogen-bond donors (Lipinski definition) is 2. The Bertz CT molecular complexity index is 549. The monoisotopic (exact) mass is 267 g/mol. The highest BCUT2D eigenvalue weighted by Crippen LogP contribution is 2.15. The topological polar surface area (TPSA) is 88.2 Å². The zero-order valence-electron chi connectivity index (χ0n) is 10.0. The highest BCUT2D eigenvalue weighted by atomic mass is 32.1. The zero-order valence-corrected chi connectivity index (χ0v) is 10.8. The summed E-state index contributed by atoms with van der Waals surface area (Å²) in [5.74, 6) is 0.870. The third kappa shape index (κ3) is 2.74. The van der Waals surface area contributed by atoms with Gasteiger partial charge in [0.15, 0.2) is 0 Å². The molecule has 0 saturated heterocycles. The molecule has 0 radical (unpaired) electrons. The highest BCUT2D eigenvalue weighted by Gasteiger charge is 2.16. The average Bonchev–Trinajstić information content (AvgIpc) is 2.94. The van der Waals surface area contributed by atoms with Crippen molar-refractivity contribution in [3.05, 3.63) is 34.2 Å². The molecule has 2 aromatic rings. The third-order valence-electron chi connectivity index (χ3n) is 2.40. The molecule has 2 N–H and O–H groups in total. The molecule has 0 saturated carbocycles. The summed E-state index contributed by atoms with van der Waals surface area (Å²) in [6.07, 6.45) is -0.858. The van der Waals surface area contributed by atoms with Gasteiger partial charge in [-0.3, -0.25) is 4.79 Å². The lowest BCUT2D eigenvalue weighted by Crippen LogP contribution is -2.28. The Kier molecular flexibility index (Phi) is 3.73. The molecular weight excluding hydrogens is 254 g/mol. The molecule has 2 rings (SSSR count). The van der Waals surface area contributed by atoms with Crippen LogP contribution in [0.25, 0.3) is 0 Å². The summed E-state index contributed by atoms with van der Waals surface area (Å²) >= 11 is 1.03. The Morgan fingerprint density at radius 2 is 2.33 bits per heavy atom. The van der Waals surface area contributed by atoms with Crippen molar-refractivity contribution in [2.24, 2.45) is 0 Å². The number of nitrogens with zero attached hydrogens (tertiary/aromatic N) is 2. The van der Waals surface area contributed by atoms with E-state index in [9.17, 15) is 9.90 Å². The number of nitrogens with one attached hydrogen (secondary N) is 1. The van der Waals surface area contributed by atoms with Crippen molar-refractivity contribution in [2.45, 2.75) is 20.0 Å². The van der Waals surface area contributed by atoms with Crippen LogP contribution in [0.4, 0.5) is 0 Å². The average molecular weight is 267 g/mol. The van der Waals surface area contributed by atoms with Crippen molar-refractivity contribution < 1.29 is 14.3 Å². The van der Waals surface area contributed by atoms with Crippen LogP contribution in [0, 0.1) is 13.8 Å². The van der Waals surface area contributed by atoms with Crippen LogP contribution in [0.15, 0.2) is 16.5 Å². The Morgan fingerprint density at radius 3 is 2.89 bits per heavy atom. The van der Waals surface area contributed by atoms with Gasteiger partial charge in [0, 0.05) is 0 Å². The molecule has 7 heteroatoms. The van der Waals surface area contributed by atoms with Gasteiger partial charge in [0.05, 0.1) is 12.2 Å². The molecule has 6 nitrogen and oxygen atoms in total. The van der Waals surface area contributed by atoms with Crippen LogP contribution >= 0.6 is 11.5 Å². The second kappa shape index (κ2) is 5.28. The van der Waals surface area contributed by atoms with Crippen molar-refractivity contribution >= 4 is 17.4 Å². The molecule has 2 heterocycles. The lowest BCUT2D eigenvalue weighted by Gasteiger charge is -2.08. The first kappa shape index (κ1) is 12.7. The maximum Gasteiger partial charge on any atom is 0.265 e. The van der Waals surface area contributed by atoms with Crippen LogP contribution in [0.2, 0.25) is 0 Å². The second-order valence-corrected chi connectivity index (χ2v) is 4.62. The minimum atomic E-state index is -0.858. The Balaban J connectivity index is 1.92. The van der Waals surface area contributed by atoms with Crippen LogP contribution < -0.4 is 5.32 Å². The number of carbonyl (C=O) groups excluding carboxylic acids is 1. The largest absolute Gasteiger partial charge is 0.464 e. The fourth-order valence-electron chi connectivity index (χ4n) is 1.44. The van der Waals surface area contributed by atoms with E-state index in [2.05, 4.69) is 14.9 Å². The van der Waals surface area contributed by atoms with Crippen molar-refractivity contribution in [3.8, 4) is 0 Å². The van der Waals surface area contributed by atoms with Gasteiger partial charge in [-0.15, -0.1) is 5.10 Å².